The first-order valence-corrected chi connectivity index (χ1v) is 10.1. The summed E-state index contributed by atoms with van der Waals surface area (Å²) in [7, 11) is 1.34. The van der Waals surface area contributed by atoms with Gasteiger partial charge in [-0.2, -0.15) is 0 Å². The third-order valence-electron chi connectivity index (χ3n) is 5.26. The third kappa shape index (κ3) is 3.79. The molecule has 2 aromatic carbocycles. The number of nitrogens with two attached hydrogens (primary N) is 1. The van der Waals surface area contributed by atoms with Crippen molar-refractivity contribution in [1.29, 1.82) is 0 Å². The van der Waals surface area contributed by atoms with Crippen LogP contribution in [-0.4, -0.2) is 46.6 Å². The lowest BCUT2D eigenvalue weighted by molar-refractivity contribution is 0.0786. The summed E-state index contributed by atoms with van der Waals surface area (Å²) in [5, 5.41) is -0.0512. The van der Waals surface area contributed by atoms with E-state index in [1.807, 2.05) is 0 Å². The molecule has 2 N–H and O–H groups in total. The minimum atomic E-state index is -0.748. The van der Waals surface area contributed by atoms with Crippen LogP contribution in [0, 0.1) is 18.2 Å². The van der Waals surface area contributed by atoms with E-state index in [1.165, 1.54) is 35.9 Å². The van der Waals surface area contributed by atoms with Crippen LogP contribution in [0.2, 0.25) is 5.15 Å². The van der Waals surface area contributed by atoms with Gasteiger partial charge in [0.15, 0.2) is 17.3 Å². The average Bonchev–Trinajstić information content (AvgIpc) is 3.36. The van der Waals surface area contributed by atoms with Crippen molar-refractivity contribution < 1.29 is 18.3 Å². The summed E-state index contributed by atoms with van der Waals surface area (Å²) in [6, 6.07) is 7.93. The fourth-order valence-electron chi connectivity index (χ4n) is 3.62. The number of halogens is 3. The largest absolute Gasteiger partial charge is 0.494 e. The lowest BCUT2D eigenvalue weighted by Gasteiger charge is -2.14. The molecule has 1 atom stereocenters. The number of likely N-dealkylation sites (tertiary alicyclic amines) is 1. The molecule has 1 amide bonds. The molecule has 164 valence electrons. The fourth-order valence-corrected chi connectivity index (χ4v) is 3.92. The SMILES string of the molecule is [C-]#[N+]c1ccc(-c2nc(C(=O)N3CC[C@H](N)C3)c(Cl)n2-c2ccc(OC)c(F)c2)cc1F. The molecule has 7 nitrogen and oxygen atoms in total. The molecule has 0 radical (unpaired) electrons. The Bertz CT molecular complexity index is 1250. The summed E-state index contributed by atoms with van der Waals surface area (Å²) >= 11 is 6.57. The molecule has 0 aliphatic carbocycles. The van der Waals surface area contributed by atoms with Gasteiger partial charge in [0.25, 0.3) is 5.91 Å². The molecular weight excluding hydrogens is 440 g/mol. The van der Waals surface area contributed by atoms with Crippen molar-refractivity contribution in [3.05, 3.63) is 70.3 Å². The van der Waals surface area contributed by atoms with Gasteiger partial charge in [0.05, 0.1) is 19.4 Å². The van der Waals surface area contributed by atoms with Crippen LogP contribution in [0.1, 0.15) is 16.9 Å². The number of ether oxygens (including phenoxy) is 1. The Morgan fingerprint density at radius 1 is 1.28 bits per heavy atom. The van der Waals surface area contributed by atoms with Gasteiger partial charge < -0.3 is 15.4 Å². The zero-order valence-electron chi connectivity index (χ0n) is 17.0. The molecule has 1 aromatic heterocycles. The van der Waals surface area contributed by atoms with Crippen molar-refractivity contribution in [3.63, 3.8) is 0 Å². The number of nitrogens with zero attached hydrogens (tertiary/aromatic N) is 4. The number of aromatic nitrogens is 2. The molecule has 1 fully saturated rings. The summed E-state index contributed by atoms with van der Waals surface area (Å²) in [5.41, 5.74) is 6.24. The third-order valence-corrected chi connectivity index (χ3v) is 5.60. The van der Waals surface area contributed by atoms with Crippen molar-refractivity contribution >= 4 is 23.2 Å². The van der Waals surface area contributed by atoms with Crippen LogP contribution in [-0.2, 0) is 0 Å². The van der Waals surface area contributed by atoms with E-state index in [1.54, 1.807) is 11.0 Å². The molecule has 2 heterocycles. The number of carbonyl (C=O) groups is 1. The van der Waals surface area contributed by atoms with Gasteiger partial charge in [-0.25, -0.2) is 18.6 Å². The number of benzene rings is 2. The van der Waals surface area contributed by atoms with Gasteiger partial charge in [0, 0.05) is 30.8 Å². The molecule has 1 aliphatic rings. The molecule has 1 aliphatic heterocycles. The summed E-state index contributed by atoms with van der Waals surface area (Å²) in [4.78, 5) is 22.1. The van der Waals surface area contributed by atoms with Crippen molar-refractivity contribution in [2.75, 3.05) is 20.2 Å². The molecule has 0 bridgehead atoms. The molecule has 1 saturated heterocycles. The highest BCUT2D eigenvalue weighted by Crippen LogP contribution is 2.34. The molecule has 0 unspecified atom stereocenters. The monoisotopic (exact) mass is 457 g/mol. The molecule has 0 spiro atoms. The van der Waals surface area contributed by atoms with Crippen LogP contribution >= 0.6 is 11.6 Å². The standard InChI is InChI=1S/C22H18ClF2N5O2/c1-27-17-5-3-12(9-15(17)24)21-28-19(22(31)29-8-7-13(26)11-29)20(23)30(21)14-4-6-18(32-2)16(25)10-14/h3-6,9-10,13H,7-8,11,26H2,2H3/t13-/m0/s1. The average molecular weight is 458 g/mol. The topological polar surface area (TPSA) is 77.7 Å². The molecule has 32 heavy (non-hydrogen) atoms. The van der Waals surface area contributed by atoms with Crippen molar-refractivity contribution in [3.8, 4) is 22.8 Å². The highest BCUT2D eigenvalue weighted by atomic mass is 35.5. The normalized spacial score (nSPS) is 15.6. The summed E-state index contributed by atoms with van der Waals surface area (Å²) in [6.07, 6.45) is 0.657. The Morgan fingerprint density at radius 3 is 2.66 bits per heavy atom. The Kier molecular flexibility index (Phi) is 5.82. The lowest BCUT2D eigenvalue weighted by Crippen LogP contribution is -2.32. The first-order valence-electron chi connectivity index (χ1n) is 9.68. The number of amides is 1. The highest BCUT2D eigenvalue weighted by Gasteiger charge is 2.31. The highest BCUT2D eigenvalue weighted by molar-refractivity contribution is 6.33. The van der Waals surface area contributed by atoms with E-state index in [0.29, 0.717) is 19.5 Å². The van der Waals surface area contributed by atoms with E-state index in [-0.39, 0.29) is 45.4 Å². The maximum atomic E-state index is 14.4. The first-order chi connectivity index (χ1) is 15.3. The second kappa shape index (κ2) is 8.57. The molecule has 10 heteroatoms. The Morgan fingerprint density at radius 2 is 2.06 bits per heavy atom. The molecule has 4 rings (SSSR count). The zero-order valence-corrected chi connectivity index (χ0v) is 17.7. The second-order valence-electron chi connectivity index (χ2n) is 7.31. The number of imidazole rings is 1. The second-order valence-corrected chi connectivity index (χ2v) is 7.67. The number of methoxy groups -OCH3 is 1. The summed E-state index contributed by atoms with van der Waals surface area (Å²) in [6.45, 7) is 7.86. The predicted octanol–water partition coefficient (Wildman–Crippen LogP) is 4.20. The van der Waals surface area contributed by atoms with E-state index in [2.05, 4.69) is 9.83 Å². The quantitative estimate of drug-likeness (QED) is 0.595. The van der Waals surface area contributed by atoms with Crippen LogP contribution in [0.3, 0.4) is 0 Å². The van der Waals surface area contributed by atoms with Crippen molar-refractivity contribution in [2.24, 2.45) is 5.73 Å². The van der Waals surface area contributed by atoms with Gasteiger partial charge in [-0.05, 0) is 24.6 Å². The maximum Gasteiger partial charge on any atom is 0.275 e. The zero-order chi connectivity index (χ0) is 23.0. The molecule has 0 saturated carbocycles. The van der Waals surface area contributed by atoms with Gasteiger partial charge in [0.2, 0.25) is 5.69 Å². The number of hydrogen-bond donors (Lipinski definition) is 1. The predicted molar refractivity (Wildman–Crippen MR) is 115 cm³/mol. The molecular formula is C22H18ClF2N5O2. The van der Waals surface area contributed by atoms with E-state index >= 15 is 0 Å². The van der Waals surface area contributed by atoms with Gasteiger partial charge in [-0.15, -0.1) is 0 Å². The van der Waals surface area contributed by atoms with Gasteiger partial charge in [0.1, 0.15) is 16.8 Å². The van der Waals surface area contributed by atoms with Crippen LogP contribution < -0.4 is 10.5 Å². The number of carbonyl (C=O) groups excluding carboxylic acids is 1. The Hall–Kier alpha value is -3.48. The molecule has 3 aromatic rings. The summed E-state index contributed by atoms with van der Waals surface area (Å²) in [5.74, 6) is -1.66. The van der Waals surface area contributed by atoms with Gasteiger partial charge >= 0.3 is 0 Å². The van der Waals surface area contributed by atoms with Crippen LogP contribution in [0.15, 0.2) is 36.4 Å². The first kappa shape index (κ1) is 21.7. The van der Waals surface area contributed by atoms with Gasteiger partial charge in [-0.1, -0.05) is 23.7 Å². The van der Waals surface area contributed by atoms with Crippen LogP contribution in [0.25, 0.3) is 21.9 Å². The number of rotatable bonds is 4. The Labute approximate surface area is 187 Å². The van der Waals surface area contributed by atoms with Crippen molar-refractivity contribution in [2.45, 2.75) is 12.5 Å². The minimum absolute atomic E-state index is 0.0290. The van der Waals surface area contributed by atoms with Crippen LogP contribution in [0.5, 0.6) is 5.75 Å². The van der Waals surface area contributed by atoms with E-state index < -0.39 is 17.5 Å². The van der Waals surface area contributed by atoms with Gasteiger partial charge in [-0.3, -0.25) is 9.36 Å². The smallest absolute Gasteiger partial charge is 0.275 e. The number of hydrogen-bond acceptors (Lipinski definition) is 4. The van der Waals surface area contributed by atoms with Crippen molar-refractivity contribution in [1.82, 2.24) is 14.5 Å². The maximum absolute atomic E-state index is 14.4. The fraction of sp³-hybridized carbons (Fsp3) is 0.227. The Balaban J connectivity index is 1.89. The lowest BCUT2D eigenvalue weighted by atomic mass is 10.1. The van der Waals surface area contributed by atoms with Crippen LogP contribution in [0.4, 0.5) is 14.5 Å². The van der Waals surface area contributed by atoms with E-state index in [4.69, 9.17) is 28.6 Å². The van der Waals surface area contributed by atoms with E-state index in [0.717, 1.165) is 6.07 Å². The van der Waals surface area contributed by atoms with E-state index in [9.17, 15) is 13.6 Å². The summed E-state index contributed by atoms with van der Waals surface area (Å²) < 4.78 is 35.1. The minimum Gasteiger partial charge on any atom is -0.494 e.